The fourth-order valence-corrected chi connectivity index (χ4v) is 3.14. The predicted octanol–water partition coefficient (Wildman–Crippen LogP) is 4.18. The Kier molecular flexibility index (Phi) is 5.45. The van der Waals surface area contributed by atoms with E-state index in [2.05, 4.69) is 10.1 Å². The largest absolute Gasteiger partial charge is 0.341 e. The molecule has 3 aromatic rings. The number of aromatic nitrogens is 2. The van der Waals surface area contributed by atoms with Crippen molar-refractivity contribution in [3.05, 3.63) is 57.3 Å². The molecule has 0 bridgehead atoms. The van der Waals surface area contributed by atoms with E-state index in [1.807, 2.05) is 16.8 Å². The summed E-state index contributed by atoms with van der Waals surface area (Å²) < 4.78 is 19.0. The monoisotopic (exact) mass is 379 g/mol. The molecule has 0 aliphatic carbocycles. The van der Waals surface area contributed by atoms with Gasteiger partial charge < -0.3 is 9.42 Å². The van der Waals surface area contributed by atoms with Gasteiger partial charge in [0.25, 0.3) is 0 Å². The molecule has 0 atom stereocenters. The van der Waals surface area contributed by atoms with Gasteiger partial charge in [0.1, 0.15) is 5.82 Å². The molecule has 130 valence electrons. The van der Waals surface area contributed by atoms with Crippen LogP contribution in [-0.4, -0.2) is 28.0 Å². The molecule has 0 fully saturated rings. The fourth-order valence-electron chi connectivity index (χ4n) is 2.28. The quantitative estimate of drug-likeness (QED) is 0.644. The highest BCUT2D eigenvalue weighted by Crippen LogP contribution is 2.21. The van der Waals surface area contributed by atoms with E-state index < -0.39 is 5.82 Å². The number of benzene rings is 1. The van der Waals surface area contributed by atoms with Gasteiger partial charge in [0.15, 0.2) is 0 Å². The molecule has 25 heavy (non-hydrogen) atoms. The number of thiophene rings is 1. The normalized spacial score (nSPS) is 10.8. The molecule has 3 rings (SSSR count). The summed E-state index contributed by atoms with van der Waals surface area (Å²) in [4.78, 5) is 18.0. The third-order valence-corrected chi connectivity index (χ3v) is 4.72. The molecule has 0 saturated carbocycles. The molecule has 0 aliphatic rings. The van der Waals surface area contributed by atoms with Gasteiger partial charge in [-0.2, -0.15) is 16.3 Å². The molecular formula is C17H15ClFN3O2S. The van der Waals surface area contributed by atoms with Crippen LogP contribution in [0.25, 0.3) is 11.4 Å². The third-order valence-electron chi connectivity index (χ3n) is 3.68. The maximum Gasteiger partial charge on any atom is 0.227 e. The predicted molar refractivity (Wildman–Crippen MR) is 93.8 cm³/mol. The average Bonchev–Trinajstić information content (AvgIpc) is 3.26. The van der Waals surface area contributed by atoms with E-state index in [9.17, 15) is 9.18 Å². The van der Waals surface area contributed by atoms with Crippen LogP contribution < -0.4 is 0 Å². The zero-order chi connectivity index (χ0) is 17.8. The third kappa shape index (κ3) is 4.24. The topological polar surface area (TPSA) is 59.2 Å². The van der Waals surface area contributed by atoms with E-state index in [1.54, 1.807) is 24.5 Å². The summed E-state index contributed by atoms with van der Waals surface area (Å²) in [6.07, 6.45) is 0.513. The van der Waals surface area contributed by atoms with Crippen molar-refractivity contribution in [2.24, 2.45) is 0 Å². The van der Waals surface area contributed by atoms with Crippen molar-refractivity contribution in [2.45, 2.75) is 19.4 Å². The van der Waals surface area contributed by atoms with Crippen LogP contribution in [0.15, 0.2) is 39.5 Å². The molecule has 0 unspecified atom stereocenters. The van der Waals surface area contributed by atoms with Crippen LogP contribution in [0.1, 0.15) is 17.9 Å². The molecule has 0 radical (unpaired) electrons. The van der Waals surface area contributed by atoms with Crippen molar-refractivity contribution >= 4 is 28.8 Å². The Balaban J connectivity index is 1.57. The molecule has 2 heterocycles. The number of halogens is 2. The summed E-state index contributed by atoms with van der Waals surface area (Å²) in [7, 11) is 1.61. The minimum absolute atomic E-state index is 0.105. The van der Waals surface area contributed by atoms with Crippen molar-refractivity contribution in [1.82, 2.24) is 15.0 Å². The maximum atomic E-state index is 13.8. The van der Waals surface area contributed by atoms with Crippen LogP contribution in [0.5, 0.6) is 0 Å². The molecule has 2 aromatic heterocycles. The van der Waals surface area contributed by atoms with E-state index in [4.69, 9.17) is 16.1 Å². The lowest BCUT2D eigenvalue weighted by atomic mass is 10.2. The summed E-state index contributed by atoms with van der Waals surface area (Å²) in [6.45, 7) is 0.105. The Morgan fingerprint density at radius 3 is 2.96 bits per heavy atom. The molecule has 0 saturated heterocycles. The molecule has 0 N–H and O–H groups in total. The lowest BCUT2D eigenvalue weighted by Crippen LogP contribution is -2.27. The van der Waals surface area contributed by atoms with Gasteiger partial charge in [-0.1, -0.05) is 22.8 Å². The molecule has 1 aromatic carbocycles. The summed E-state index contributed by atoms with van der Waals surface area (Å²) >= 11 is 7.54. The van der Waals surface area contributed by atoms with Crippen LogP contribution in [0, 0.1) is 5.82 Å². The second-order valence-corrected chi connectivity index (χ2v) is 6.66. The average molecular weight is 380 g/mol. The summed E-state index contributed by atoms with van der Waals surface area (Å²) in [6, 6.07) is 6.35. The highest BCUT2D eigenvalue weighted by atomic mass is 35.5. The van der Waals surface area contributed by atoms with Crippen LogP contribution in [0.3, 0.4) is 0 Å². The van der Waals surface area contributed by atoms with E-state index in [-0.39, 0.29) is 18.9 Å². The Morgan fingerprint density at radius 1 is 1.40 bits per heavy atom. The first kappa shape index (κ1) is 17.6. The summed E-state index contributed by atoms with van der Waals surface area (Å²) in [5, 5.41) is 8.05. The Labute approximate surface area is 153 Å². The lowest BCUT2D eigenvalue weighted by Gasteiger charge is -2.18. The van der Waals surface area contributed by atoms with Crippen LogP contribution in [0.4, 0.5) is 4.39 Å². The highest BCUT2D eigenvalue weighted by molar-refractivity contribution is 7.08. The molecule has 0 aliphatic heterocycles. The van der Waals surface area contributed by atoms with E-state index in [0.717, 1.165) is 5.56 Å². The van der Waals surface area contributed by atoms with Crippen molar-refractivity contribution in [2.75, 3.05) is 7.05 Å². The molecular weight excluding hydrogens is 365 g/mol. The van der Waals surface area contributed by atoms with Gasteiger partial charge in [0.2, 0.25) is 17.6 Å². The summed E-state index contributed by atoms with van der Waals surface area (Å²) in [5.41, 5.74) is 1.19. The van der Waals surface area contributed by atoms with Crippen molar-refractivity contribution in [3.63, 3.8) is 0 Å². The molecule has 8 heteroatoms. The lowest BCUT2D eigenvalue weighted by molar-refractivity contribution is -0.130. The maximum absolute atomic E-state index is 13.8. The molecule has 5 nitrogen and oxygen atoms in total. The van der Waals surface area contributed by atoms with Gasteiger partial charge in [0, 0.05) is 48.0 Å². The van der Waals surface area contributed by atoms with Crippen molar-refractivity contribution in [3.8, 4) is 11.4 Å². The number of nitrogens with zero attached hydrogens (tertiary/aromatic N) is 3. The minimum Gasteiger partial charge on any atom is -0.341 e. The second kappa shape index (κ2) is 7.76. The number of carbonyl (C=O) groups excluding carboxylic acids is 1. The number of hydrogen-bond acceptors (Lipinski definition) is 5. The van der Waals surface area contributed by atoms with E-state index >= 15 is 0 Å². The second-order valence-electron chi connectivity index (χ2n) is 5.47. The van der Waals surface area contributed by atoms with Crippen molar-refractivity contribution in [1.29, 1.82) is 0 Å². The van der Waals surface area contributed by atoms with Gasteiger partial charge in [0.05, 0.1) is 0 Å². The van der Waals surface area contributed by atoms with Gasteiger partial charge in [-0.3, -0.25) is 4.79 Å². The molecule has 1 amide bonds. The van der Waals surface area contributed by atoms with Gasteiger partial charge in [-0.25, -0.2) is 4.39 Å². The first-order valence-corrected chi connectivity index (χ1v) is 8.88. The summed E-state index contributed by atoms with van der Waals surface area (Å²) in [5.74, 6) is 0.320. The fraction of sp³-hybridized carbons (Fsp3) is 0.235. The zero-order valence-electron chi connectivity index (χ0n) is 13.4. The van der Waals surface area contributed by atoms with E-state index in [0.29, 0.717) is 28.7 Å². The van der Waals surface area contributed by atoms with Crippen LogP contribution >= 0.6 is 22.9 Å². The standard InChI is InChI=1S/C17H15ClFN3O2S/c1-22(9-12-13(18)3-2-4-14(12)19)16(23)6-5-15-20-17(21-24-15)11-7-8-25-10-11/h2-4,7-8,10H,5-6,9H2,1H3. The smallest absolute Gasteiger partial charge is 0.227 e. The van der Waals surface area contributed by atoms with Gasteiger partial charge >= 0.3 is 0 Å². The number of hydrogen-bond donors (Lipinski definition) is 0. The van der Waals surface area contributed by atoms with E-state index in [1.165, 1.54) is 17.0 Å². The first-order chi connectivity index (χ1) is 12.0. The zero-order valence-corrected chi connectivity index (χ0v) is 15.0. The number of rotatable bonds is 6. The minimum atomic E-state index is -0.426. The SMILES string of the molecule is CN(Cc1c(F)cccc1Cl)C(=O)CCc1nc(-c2ccsc2)no1. The number of aryl methyl sites for hydroxylation is 1. The highest BCUT2D eigenvalue weighted by Gasteiger charge is 2.16. The first-order valence-electron chi connectivity index (χ1n) is 7.56. The van der Waals surface area contributed by atoms with Crippen LogP contribution in [0.2, 0.25) is 5.02 Å². The van der Waals surface area contributed by atoms with Gasteiger partial charge in [-0.05, 0) is 23.6 Å². The van der Waals surface area contributed by atoms with Crippen LogP contribution in [-0.2, 0) is 17.8 Å². The molecule has 0 spiro atoms. The Bertz CT molecular complexity index is 846. The number of amides is 1. The Morgan fingerprint density at radius 2 is 2.24 bits per heavy atom. The Hall–Kier alpha value is -2.25. The van der Waals surface area contributed by atoms with Gasteiger partial charge in [-0.15, -0.1) is 0 Å². The number of carbonyl (C=O) groups is 1. The van der Waals surface area contributed by atoms with Crippen molar-refractivity contribution < 1.29 is 13.7 Å².